The average Bonchev–Trinajstić information content (AvgIpc) is 2.44. The van der Waals surface area contributed by atoms with E-state index in [2.05, 4.69) is 83.6 Å². The van der Waals surface area contributed by atoms with Gasteiger partial charge in [-0.3, -0.25) is 0 Å². The highest BCUT2D eigenvalue weighted by Gasteiger charge is 2.09. The Labute approximate surface area is 124 Å². The summed E-state index contributed by atoms with van der Waals surface area (Å²) in [7, 11) is 0. The number of nitrogens with one attached hydrogen (secondary N) is 1. The number of benzene rings is 2. The summed E-state index contributed by atoms with van der Waals surface area (Å²) < 4.78 is 1.17. The highest BCUT2D eigenvalue weighted by Crippen LogP contribution is 2.27. The van der Waals surface area contributed by atoms with Crippen molar-refractivity contribution in [2.75, 3.05) is 5.32 Å². The zero-order chi connectivity index (χ0) is 13.7. The van der Waals surface area contributed by atoms with Gasteiger partial charge < -0.3 is 5.32 Å². The van der Waals surface area contributed by atoms with E-state index < -0.39 is 0 Å². The maximum Gasteiger partial charge on any atom is 0.0489 e. The van der Waals surface area contributed by atoms with E-state index in [4.69, 9.17) is 0 Å². The number of hydrogen-bond acceptors (Lipinski definition) is 1. The average molecular weight is 318 g/mol. The molecule has 0 radical (unpaired) electrons. The second-order valence-corrected chi connectivity index (χ2v) is 5.67. The Morgan fingerprint density at radius 1 is 1.05 bits per heavy atom. The number of rotatable bonds is 5. The molecule has 0 fully saturated rings. The standard InChI is InChI=1S/C17H20BrN/c1-3-15(12-14-9-5-4-6-10-14)19-16-11-7-8-13(2)17(16)18/h4-11,15,19H,3,12H2,1-2H3. The molecule has 2 aromatic rings. The molecule has 0 aliphatic carbocycles. The van der Waals surface area contributed by atoms with Crippen LogP contribution in [0, 0.1) is 6.92 Å². The number of hydrogen-bond donors (Lipinski definition) is 1. The fourth-order valence-electron chi connectivity index (χ4n) is 2.17. The van der Waals surface area contributed by atoms with E-state index in [9.17, 15) is 0 Å². The van der Waals surface area contributed by atoms with Gasteiger partial charge in [0.15, 0.2) is 0 Å². The van der Waals surface area contributed by atoms with Crippen molar-refractivity contribution in [2.24, 2.45) is 0 Å². The lowest BCUT2D eigenvalue weighted by atomic mass is 10.0. The summed E-state index contributed by atoms with van der Waals surface area (Å²) in [5.74, 6) is 0. The predicted molar refractivity (Wildman–Crippen MR) is 86.7 cm³/mol. The Kier molecular flexibility index (Phi) is 5.03. The van der Waals surface area contributed by atoms with Crippen molar-refractivity contribution in [3.8, 4) is 0 Å². The van der Waals surface area contributed by atoms with Gasteiger partial charge in [0.2, 0.25) is 0 Å². The summed E-state index contributed by atoms with van der Waals surface area (Å²) >= 11 is 3.66. The molecule has 1 unspecified atom stereocenters. The van der Waals surface area contributed by atoms with Crippen LogP contribution in [0.1, 0.15) is 24.5 Å². The van der Waals surface area contributed by atoms with Crippen LogP contribution in [0.15, 0.2) is 53.0 Å². The zero-order valence-corrected chi connectivity index (χ0v) is 13.1. The van der Waals surface area contributed by atoms with Gasteiger partial charge in [0.25, 0.3) is 0 Å². The van der Waals surface area contributed by atoms with Gasteiger partial charge in [-0.2, -0.15) is 0 Å². The number of anilines is 1. The van der Waals surface area contributed by atoms with Crippen LogP contribution < -0.4 is 5.32 Å². The lowest BCUT2D eigenvalue weighted by Gasteiger charge is -2.20. The van der Waals surface area contributed by atoms with Crippen molar-refractivity contribution < 1.29 is 0 Å². The van der Waals surface area contributed by atoms with E-state index >= 15 is 0 Å². The lowest BCUT2D eigenvalue weighted by molar-refractivity contribution is 0.690. The van der Waals surface area contributed by atoms with Crippen LogP contribution in [-0.2, 0) is 6.42 Å². The van der Waals surface area contributed by atoms with Gasteiger partial charge in [0.05, 0.1) is 0 Å². The van der Waals surface area contributed by atoms with E-state index in [0.717, 1.165) is 12.8 Å². The molecule has 0 aliphatic heterocycles. The fraction of sp³-hybridized carbons (Fsp3) is 0.294. The molecule has 0 saturated carbocycles. The van der Waals surface area contributed by atoms with Crippen LogP contribution in [-0.4, -0.2) is 6.04 Å². The Bertz CT molecular complexity index is 522. The van der Waals surface area contributed by atoms with Crippen molar-refractivity contribution in [2.45, 2.75) is 32.7 Å². The van der Waals surface area contributed by atoms with Crippen molar-refractivity contribution in [3.63, 3.8) is 0 Å². The monoisotopic (exact) mass is 317 g/mol. The van der Waals surface area contributed by atoms with E-state index in [-0.39, 0.29) is 0 Å². The quantitative estimate of drug-likeness (QED) is 0.800. The minimum absolute atomic E-state index is 0.459. The molecule has 1 nitrogen and oxygen atoms in total. The highest BCUT2D eigenvalue weighted by molar-refractivity contribution is 9.10. The van der Waals surface area contributed by atoms with Crippen molar-refractivity contribution in [1.82, 2.24) is 0 Å². The second-order valence-electron chi connectivity index (χ2n) is 4.88. The minimum atomic E-state index is 0.459. The first kappa shape index (κ1) is 14.1. The van der Waals surface area contributed by atoms with Gasteiger partial charge in [-0.1, -0.05) is 49.4 Å². The molecule has 100 valence electrons. The Morgan fingerprint density at radius 3 is 2.47 bits per heavy atom. The van der Waals surface area contributed by atoms with Crippen molar-refractivity contribution in [3.05, 3.63) is 64.1 Å². The molecule has 2 aromatic carbocycles. The van der Waals surface area contributed by atoms with Crippen molar-refractivity contribution in [1.29, 1.82) is 0 Å². The van der Waals surface area contributed by atoms with Gasteiger partial charge >= 0.3 is 0 Å². The zero-order valence-electron chi connectivity index (χ0n) is 11.5. The number of halogens is 1. The van der Waals surface area contributed by atoms with Crippen molar-refractivity contribution >= 4 is 21.6 Å². The van der Waals surface area contributed by atoms with Gasteiger partial charge in [-0.05, 0) is 52.9 Å². The third-order valence-electron chi connectivity index (χ3n) is 3.37. The molecule has 1 atom stereocenters. The third-order valence-corrected chi connectivity index (χ3v) is 4.42. The molecule has 0 bridgehead atoms. The Hall–Kier alpha value is -1.28. The Morgan fingerprint density at radius 2 is 1.79 bits per heavy atom. The summed E-state index contributed by atoms with van der Waals surface area (Å²) in [6.45, 7) is 4.34. The molecule has 0 amide bonds. The van der Waals surface area contributed by atoms with E-state index in [0.29, 0.717) is 6.04 Å². The molecule has 1 N–H and O–H groups in total. The molecule has 0 saturated heterocycles. The third kappa shape index (κ3) is 3.84. The molecule has 0 aromatic heterocycles. The van der Waals surface area contributed by atoms with E-state index in [1.54, 1.807) is 0 Å². The van der Waals surface area contributed by atoms with Crippen LogP contribution in [0.25, 0.3) is 0 Å². The van der Waals surface area contributed by atoms with Crippen LogP contribution in [0.4, 0.5) is 5.69 Å². The van der Waals surface area contributed by atoms with Gasteiger partial charge in [-0.25, -0.2) is 0 Å². The Balaban J connectivity index is 2.09. The van der Waals surface area contributed by atoms with Crippen LogP contribution in [0.5, 0.6) is 0 Å². The molecule has 0 aliphatic rings. The van der Waals surface area contributed by atoms with Crippen LogP contribution in [0.3, 0.4) is 0 Å². The second kappa shape index (κ2) is 6.76. The first-order chi connectivity index (χ1) is 9.20. The fourth-order valence-corrected chi connectivity index (χ4v) is 2.55. The van der Waals surface area contributed by atoms with Gasteiger partial charge in [-0.15, -0.1) is 0 Å². The SMILES string of the molecule is CCC(Cc1ccccc1)Nc1cccc(C)c1Br. The smallest absolute Gasteiger partial charge is 0.0489 e. The normalized spacial score (nSPS) is 12.2. The largest absolute Gasteiger partial charge is 0.381 e. The summed E-state index contributed by atoms with van der Waals surface area (Å²) in [5, 5.41) is 3.64. The molecule has 2 heteroatoms. The maximum atomic E-state index is 3.66. The highest BCUT2D eigenvalue weighted by atomic mass is 79.9. The molecule has 19 heavy (non-hydrogen) atoms. The first-order valence-corrected chi connectivity index (χ1v) is 7.55. The summed E-state index contributed by atoms with van der Waals surface area (Å²) in [6, 6.07) is 17.5. The first-order valence-electron chi connectivity index (χ1n) is 6.76. The van der Waals surface area contributed by atoms with Gasteiger partial charge in [0.1, 0.15) is 0 Å². The van der Waals surface area contributed by atoms with Crippen LogP contribution in [0.2, 0.25) is 0 Å². The minimum Gasteiger partial charge on any atom is -0.381 e. The molecule has 0 heterocycles. The lowest BCUT2D eigenvalue weighted by Crippen LogP contribution is -2.21. The number of aryl methyl sites for hydroxylation is 1. The molecule has 0 spiro atoms. The summed E-state index contributed by atoms with van der Waals surface area (Å²) in [4.78, 5) is 0. The summed E-state index contributed by atoms with van der Waals surface area (Å²) in [6.07, 6.45) is 2.16. The van der Waals surface area contributed by atoms with E-state index in [1.165, 1.54) is 21.3 Å². The van der Waals surface area contributed by atoms with Gasteiger partial charge in [0, 0.05) is 16.2 Å². The molecule has 2 rings (SSSR count). The van der Waals surface area contributed by atoms with E-state index in [1.807, 2.05) is 0 Å². The predicted octanol–water partition coefficient (Wildman–Crippen LogP) is 5.19. The maximum absolute atomic E-state index is 3.66. The van der Waals surface area contributed by atoms with Crippen LogP contribution >= 0.6 is 15.9 Å². The topological polar surface area (TPSA) is 12.0 Å². The molecular formula is C17H20BrN. The summed E-state index contributed by atoms with van der Waals surface area (Å²) in [5.41, 5.74) is 3.83. The molecular weight excluding hydrogens is 298 g/mol.